The molecule has 2 heterocycles. The number of nitrogens with zero attached hydrogens (tertiary/aromatic N) is 2. The molecule has 7 nitrogen and oxygen atoms in total. The second kappa shape index (κ2) is 8.72. The molecule has 1 N–H and O–H groups in total. The van der Waals surface area contributed by atoms with E-state index < -0.39 is 5.97 Å². The first-order valence-electron chi connectivity index (χ1n) is 7.66. The highest BCUT2D eigenvalue weighted by Gasteiger charge is 2.12. The van der Waals surface area contributed by atoms with Crippen LogP contribution in [-0.2, 0) is 16.1 Å². The molecule has 2 aromatic heterocycles. The summed E-state index contributed by atoms with van der Waals surface area (Å²) in [5.41, 5.74) is 1.37. The Morgan fingerprint density at radius 1 is 1.31 bits per heavy atom. The normalized spacial score (nSPS) is 10.5. The molecule has 0 unspecified atom stereocenters. The van der Waals surface area contributed by atoms with Gasteiger partial charge in [0.25, 0.3) is 11.8 Å². The first-order valence-corrected chi connectivity index (χ1v) is 9.40. The summed E-state index contributed by atoms with van der Waals surface area (Å²) >= 11 is 4.81. The van der Waals surface area contributed by atoms with Gasteiger partial charge in [-0.05, 0) is 23.6 Å². The van der Waals surface area contributed by atoms with Crippen LogP contribution >= 0.6 is 27.3 Å². The summed E-state index contributed by atoms with van der Waals surface area (Å²) < 4.78 is 11.1. The van der Waals surface area contributed by atoms with Crippen LogP contribution in [0, 0.1) is 0 Å². The lowest BCUT2D eigenvalue weighted by atomic mass is 10.2. The molecule has 1 amide bonds. The van der Waals surface area contributed by atoms with E-state index in [-0.39, 0.29) is 31.4 Å². The van der Waals surface area contributed by atoms with E-state index in [0.29, 0.717) is 11.4 Å². The zero-order valence-electron chi connectivity index (χ0n) is 13.5. The summed E-state index contributed by atoms with van der Waals surface area (Å²) in [4.78, 5) is 27.7. The minimum atomic E-state index is -0.460. The van der Waals surface area contributed by atoms with Crippen molar-refractivity contribution in [2.75, 3.05) is 6.54 Å². The minimum absolute atomic E-state index is 0.0580. The van der Waals surface area contributed by atoms with Gasteiger partial charge in [-0.2, -0.15) is 16.3 Å². The molecule has 9 heteroatoms. The number of aromatic nitrogens is 2. The highest BCUT2D eigenvalue weighted by Crippen LogP contribution is 2.20. The Bertz CT molecular complexity index is 895. The predicted octanol–water partition coefficient (Wildman–Crippen LogP) is 3.42. The van der Waals surface area contributed by atoms with Crippen molar-refractivity contribution in [3.8, 4) is 11.4 Å². The van der Waals surface area contributed by atoms with Gasteiger partial charge in [-0.15, -0.1) is 0 Å². The fourth-order valence-electron chi connectivity index (χ4n) is 2.05. The minimum Gasteiger partial charge on any atom is -0.456 e. The van der Waals surface area contributed by atoms with E-state index in [1.165, 1.54) is 11.3 Å². The molecule has 0 aliphatic heterocycles. The zero-order chi connectivity index (χ0) is 18.4. The van der Waals surface area contributed by atoms with Gasteiger partial charge in [-0.1, -0.05) is 33.2 Å². The molecule has 0 saturated heterocycles. The van der Waals surface area contributed by atoms with Gasteiger partial charge in [0.2, 0.25) is 5.82 Å². The molecule has 3 aromatic rings. The van der Waals surface area contributed by atoms with Gasteiger partial charge in [0.05, 0.1) is 6.42 Å². The van der Waals surface area contributed by atoms with Gasteiger partial charge in [0.1, 0.15) is 0 Å². The van der Waals surface area contributed by atoms with Crippen LogP contribution in [0.4, 0.5) is 0 Å². The number of hydrogen-bond donors (Lipinski definition) is 1. The monoisotopic (exact) mass is 435 g/mol. The van der Waals surface area contributed by atoms with Crippen molar-refractivity contribution in [3.63, 3.8) is 0 Å². The van der Waals surface area contributed by atoms with Crippen LogP contribution in [-0.4, -0.2) is 28.6 Å². The maximum absolute atomic E-state index is 11.7. The van der Waals surface area contributed by atoms with Crippen molar-refractivity contribution in [2.24, 2.45) is 0 Å². The molecule has 0 fully saturated rings. The lowest BCUT2D eigenvalue weighted by Gasteiger charge is -2.04. The Morgan fingerprint density at radius 3 is 2.96 bits per heavy atom. The Kier molecular flexibility index (Phi) is 6.13. The molecule has 134 valence electrons. The van der Waals surface area contributed by atoms with E-state index in [0.717, 1.165) is 10.0 Å². The maximum atomic E-state index is 11.7. The molecule has 0 radical (unpaired) electrons. The van der Waals surface area contributed by atoms with Crippen LogP contribution in [0.3, 0.4) is 0 Å². The van der Waals surface area contributed by atoms with Crippen molar-refractivity contribution in [2.45, 2.75) is 13.0 Å². The standard InChI is InChI=1S/C17H14BrN3O4S/c18-13-3-1-2-11(8-13)16-20-14(25-21-16)9-24-15(22)4-6-19-17(23)12-5-7-26-10-12/h1-3,5,7-8,10H,4,6,9H2,(H,19,23). The second-order valence-electron chi connectivity index (χ2n) is 5.20. The van der Waals surface area contributed by atoms with Crippen LogP contribution in [0.1, 0.15) is 22.7 Å². The van der Waals surface area contributed by atoms with Gasteiger partial charge in [-0.25, -0.2) is 0 Å². The lowest BCUT2D eigenvalue weighted by molar-refractivity contribution is -0.145. The van der Waals surface area contributed by atoms with E-state index in [9.17, 15) is 9.59 Å². The van der Waals surface area contributed by atoms with Gasteiger partial charge < -0.3 is 14.6 Å². The van der Waals surface area contributed by atoms with Gasteiger partial charge >= 0.3 is 5.97 Å². The average molecular weight is 436 g/mol. The zero-order valence-corrected chi connectivity index (χ0v) is 15.9. The summed E-state index contributed by atoms with van der Waals surface area (Å²) in [7, 11) is 0. The molecule has 0 aliphatic carbocycles. The van der Waals surface area contributed by atoms with E-state index in [1.54, 1.807) is 11.4 Å². The first kappa shape index (κ1) is 18.3. The van der Waals surface area contributed by atoms with E-state index in [2.05, 4.69) is 31.4 Å². The summed E-state index contributed by atoms with van der Waals surface area (Å²) in [6, 6.07) is 9.18. The number of thiophene rings is 1. The second-order valence-corrected chi connectivity index (χ2v) is 6.90. The Hall–Kier alpha value is -2.52. The molecule has 3 rings (SSSR count). The first-order chi connectivity index (χ1) is 12.6. The van der Waals surface area contributed by atoms with Crippen molar-refractivity contribution in [1.82, 2.24) is 15.5 Å². The van der Waals surface area contributed by atoms with E-state index >= 15 is 0 Å². The predicted molar refractivity (Wildman–Crippen MR) is 98.5 cm³/mol. The summed E-state index contributed by atoms with van der Waals surface area (Å²) in [6.07, 6.45) is 0.0580. The molecular formula is C17H14BrN3O4S. The molecule has 0 atom stereocenters. The van der Waals surface area contributed by atoms with Gasteiger partial charge in [0, 0.05) is 27.5 Å². The van der Waals surface area contributed by atoms with Crippen molar-refractivity contribution in [3.05, 3.63) is 57.0 Å². The maximum Gasteiger partial charge on any atom is 0.308 e. The van der Waals surface area contributed by atoms with E-state index in [1.807, 2.05) is 29.6 Å². The fraction of sp³-hybridized carbons (Fsp3) is 0.176. The highest BCUT2D eigenvalue weighted by molar-refractivity contribution is 9.10. The van der Waals surface area contributed by atoms with Crippen LogP contribution in [0.5, 0.6) is 0 Å². The number of rotatable bonds is 7. The third kappa shape index (κ3) is 4.99. The number of carbonyl (C=O) groups is 2. The van der Waals surface area contributed by atoms with Gasteiger partial charge in [-0.3, -0.25) is 9.59 Å². The molecule has 0 spiro atoms. The van der Waals surface area contributed by atoms with Crippen LogP contribution in [0.2, 0.25) is 0 Å². The third-order valence-corrected chi connectivity index (χ3v) is 4.48. The number of carbonyl (C=O) groups excluding carboxylic acids is 2. The van der Waals surface area contributed by atoms with E-state index in [4.69, 9.17) is 9.26 Å². The number of benzene rings is 1. The van der Waals surface area contributed by atoms with Crippen LogP contribution < -0.4 is 5.32 Å². The number of ether oxygens (including phenoxy) is 1. The summed E-state index contributed by atoms with van der Waals surface area (Å²) in [5, 5.41) is 10.1. The quantitative estimate of drug-likeness (QED) is 0.571. The third-order valence-electron chi connectivity index (χ3n) is 3.31. The molecule has 0 aliphatic rings. The topological polar surface area (TPSA) is 94.3 Å². The molecule has 1 aromatic carbocycles. The molecule has 0 saturated carbocycles. The van der Waals surface area contributed by atoms with Crippen molar-refractivity contribution < 1.29 is 18.8 Å². The molecule has 0 bridgehead atoms. The molecular weight excluding hydrogens is 422 g/mol. The number of nitrogens with one attached hydrogen (secondary N) is 1. The van der Waals surface area contributed by atoms with Gasteiger partial charge in [0.15, 0.2) is 6.61 Å². The Labute approximate surface area is 161 Å². The smallest absolute Gasteiger partial charge is 0.308 e. The SMILES string of the molecule is O=C(CCNC(=O)c1ccsc1)OCc1nc(-c2cccc(Br)c2)no1. The number of halogens is 1. The van der Waals surface area contributed by atoms with Crippen molar-refractivity contribution in [1.29, 1.82) is 0 Å². The highest BCUT2D eigenvalue weighted by atomic mass is 79.9. The summed E-state index contributed by atoms with van der Waals surface area (Å²) in [6.45, 7) is 0.0823. The largest absolute Gasteiger partial charge is 0.456 e. The number of hydrogen-bond acceptors (Lipinski definition) is 7. The van der Waals surface area contributed by atoms with Crippen LogP contribution in [0.15, 0.2) is 50.1 Å². The lowest BCUT2D eigenvalue weighted by Crippen LogP contribution is -2.26. The Morgan fingerprint density at radius 2 is 2.19 bits per heavy atom. The average Bonchev–Trinajstić information content (AvgIpc) is 3.32. The number of esters is 1. The molecule has 26 heavy (non-hydrogen) atoms. The summed E-state index contributed by atoms with van der Waals surface area (Å²) in [5.74, 6) is -0.0524. The number of amides is 1. The van der Waals surface area contributed by atoms with Crippen molar-refractivity contribution >= 4 is 39.1 Å². The Balaban J connectivity index is 1.43. The fourth-order valence-corrected chi connectivity index (χ4v) is 3.08. The van der Waals surface area contributed by atoms with Crippen LogP contribution in [0.25, 0.3) is 11.4 Å².